The molecule has 0 saturated carbocycles. The zero-order valence-electron chi connectivity index (χ0n) is 12.1. The molecule has 1 aliphatic carbocycles. The number of aromatic nitrogens is 1. The van der Waals surface area contributed by atoms with Crippen molar-refractivity contribution in [3.63, 3.8) is 0 Å². The highest BCUT2D eigenvalue weighted by Crippen LogP contribution is 2.33. The van der Waals surface area contributed by atoms with Crippen LogP contribution in [0.4, 0.5) is 5.13 Å². The molecule has 21 heavy (non-hydrogen) atoms. The molecule has 5 nitrogen and oxygen atoms in total. The Hall–Kier alpha value is -1.08. The highest BCUT2D eigenvalue weighted by molar-refractivity contribution is 8.00. The average molecular weight is 325 g/mol. The summed E-state index contributed by atoms with van der Waals surface area (Å²) in [7, 11) is 0. The first-order valence-corrected chi connectivity index (χ1v) is 9.26. The van der Waals surface area contributed by atoms with E-state index in [0.717, 1.165) is 24.5 Å². The summed E-state index contributed by atoms with van der Waals surface area (Å²) in [5, 5.41) is 3.53. The van der Waals surface area contributed by atoms with Gasteiger partial charge < -0.3 is 10.2 Å². The van der Waals surface area contributed by atoms with Crippen LogP contribution in [0.25, 0.3) is 0 Å². The highest BCUT2D eigenvalue weighted by atomic mass is 32.2. The standard InChI is InChI=1S/C14H19N3O2S2/c1-2-9-3-4-10-11(5-9)21-14(15-10)16-12(18)6-17-8-20-7-13(17)19/h9H,2-8H2,1H3,(H,15,16,18). The van der Waals surface area contributed by atoms with Gasteiger partial charge in [0, 0.05) is 4.88 Å². The normalized spacial score (nSPS) is 21.5. The minimum absolute atomic E-state index is 0.0411. The highest BCUT2D eigenvalue weighted by Gasteiger charge is 2.25. The smallest absolute Gasteiger partial charge is 0.245 e. The monoisotopic (exact) mass is 325 g/mol. The van der Waals surface area contributed by atoms with E-state index in [1.165, 1.54) is 17.7 Å². The number of thioether (sulfide) groups is 1. The van der Waals surface area contributed by atoms with E-state index < -0.39 is 0 Å². The van der Waals surface area contributed by atoms with Crippen LogP contribution in [0.1, 0.15) is 30.3 Å². The minimum atomic E-state index is -0.149. The molecule has 2 heterocycles. The van der Waals surface area contributed by atoms with Crippen molar-refractivity contribution in [1.82, 2.24) is 9.88 Å². The predicted molar refractivity (Wildman–Crippen MR) is 85.6 cm³/mol. The summed E-state index contributed by atoms with van der Waals surface area (Å²) in [6, 6.07) is 0. The number of amides is 2. The Kier molecular flexibility index (Phi) is 4.49. The van der Waals surface area contributed by atoms with Gasteiger partial charge in [0.25, 0.3) is 0 Å². The van der Waals surface area contributed by atoms with Gasteiger partial charge in [-0.3, -0.25) is 9.59 Å². The third-order valence-electron chi connectivity index (χ3n) is 4.03. The van der Waals surface area contributed by atoms with Gasteiger partial charge in [-0.1, -0.05) is 13.3 Å². The molecular formula is C14H19N3O2S2. The second-order valence-corrected chi connectivity index (χ2v) is 7.56. The maximum Gasteiger partial charge on any atom is 0.245 e. The van der Waals surface area contributed by atoms with Crippen LogP contribution in [0, 0.1) is 5.92 Å². The van der Waals surface area contributed by atoms with E-state index in [9.17, 15) is 9.59 Å². The van der Waals surface area contributed by atoms with Crippen molar-refractivity contribution in [3.05, 3.63) is 10.6 Å². The third-order valence-corrected chi connectivity index (χ3v) is 6.01. The summed E-state index contributed by atoms with van der Waals surface area (Å²) in [6.45, 7) is 2.36. The lowest BCUT2D eigenvalue weighted by molar-refractivity contribution is -0.130. The van der Waals surface area contributed by atoms with Crippen molar-refractivity contribution < 1.29 is 9.59 Å². The fourth-order valence-electron chi connectivity index (χ4n) is 2.72. The molecule has 2 aliphatic rings. The zero-order chi connectivity index (χ0) is 14.8. The maximum atomic E-state index is 12.0. The number of hydrogen-bond acceptors (Lipinski definition) is 5. The Balaban J connectivity index is 1.59. The van der Waals surface area contributed by atoms with Gasteiger partial charge in [0.05, 0.1) is 17.3 Å². The summed E-state index contributed by atoms with van der Waals surface area (Å²) < 4.78 is 0. The molecular weight excluding hydrogens is 306 g/mol. The van der Waals surface area contributed by atoms with Gasteiger partial charge in [-0.25, -0.2) is 4.98 Å². The van der Waals surface area contributed by atoms with E-state index in [0.29, 0.717) is 16.8 Å². The number of carbonyl (C=O) groups excluding carboxylic acids is 2. The van der Waals surface area contributed by atoms with Gasteiger partial charge in [-0.2, -0.15) is 0 Å². The van der Waals surface area contributed by atoms with E-state index in [4.69, 9.17) is 0 Å². The molecule has 1 N–H and O–H groups in total. The van der Waals surface area contributed by atoms with E-state index in [1.54, 1.807) is 28.0 Å². The first-order chi connectivity index (χ1) is 10.2. The molecule has 1 atom stereocenters. The number of rotatable bonds is 4. The van der Waals surface area contributed by atoms with E-state index >= 15 is 0 Å². The fourth-order valence-corrected chi connectivity index (χ4v) is 4.76. The van der Waals surface area contributed by atoms with E-state index in [1.807, 2.05) is 0 Å². The van der Waals surface area contributed by atoms with Gasteiger partial charge in [0.15, 0.2) is 5.13 Å². The van der Waals surface area contributed by atoms with E-state index in [2.05, 4.69) is 17.2 Å². The van der Waals surface area contributed by atoms with Crippen molar-refractivity contribution >= 4 is 40.0 Å². The fraction of sp³-hybridized carbons (Fsp3) is 0.643. The second-order valence-electron chi connectivity index (χ2n) is 5.52. The average Bonchev–Trinajstić information content (AvgIpc) is 3.04. The lowest BCUT2D eigenvalue weighted by Crippen LogP contribution is -2.34. The van der Waals surface area contributed by atoms with Gasteiger partial charge in [0.2, 0.25) is 11.8 Å². The van der Waals surface area contributed by atoms with Crippen LogP contribution in [-0.4, -0.2) is 39.9 Å². The summed E-state index contributed by atoms with van der Waals surface area (Å²) >= 11 is 3.14. The first-order valence-electron chi connectivity index (χ1n) is 7.29. The number of aryl methyl sites for hydroxylation is 1. The largest absolute Gasteiger partial charge is 0.323 e. The molecule has 1 fully saturated rings. The van der Waals surface area contributed by atoms with Crippen LogP contribution >= 0.6 is 23.1 Å². The molecule has 0 spiro atoms. The number of carbonyl (C=O) groups is 2. The van der Waals surface area contributed by atoms with Gasteiger partial charge in [0.1, 0.15) is 6.54 Å². The number of fused-ring (bicyclic) bond motifs is 1. The molecule has 1 aliphatic heterocycles. The molecule has 3 rings (SSSR count). The zero-order valence-corrected chi connectivity index (χ0v) is 13.7. The lowest BCUT2D eigenvalue weighted by Gasteiger charge is -2.18. The topological polar surface area (TPSA) is 62.3 Å². The quantitative estimate of drug-likeness (QED) is 0.921. The van der Waals surface area contributed by atoms with Crippen molar-refractivity contribution in [2.75, 3.05) is 23.5 Å². The number of thiazole rings is 1. The molecule has 1 saturated heterocycles. The number of anilines is 1. The Labute approximate surface area is 132 Å². The van der Waals surface area contributed by atoms with Crippen LogP contribution < -0.4 is 5.32 Å². The van der Waals surface area contributed by atoms with Crippen LogP contribution in [0.15, 0.2) is 0 Å². The van der Waals surface area contributed by atoms with E-state index in [-0.39, 0.29) is 18.4 Å². The van der Waals surface area contributed by atoms with Crippen LogP contribution in [0.2, 0.25) is 0 Å². The Morgan fingerprint density at radius 2 is 2.38 bits per heavy atom. The Morgan fingerprint density at radius 1 is 1.52 bits per heavy atom. The summed E-state index contributed by atoms with van der Waals surface area (Å²) in [4.78, 5) is 30.9. The molecule has 2 amide bonds. The second kappa shape index (κ2) is 6.36. The van der Waals surface area contributed by atoms with Gasteiger partial charge in [-0.05, 0) is 25.2 Å². The molecule has 0 radical (unpaired) electrons. The van der Waals surface area contributed by atoms with Crippen molar-refractivity contribution in [3.8, 4) is 0 Å². The van der Waals surface area contributed by atoms with Gasteiger partial charge in [-0.15, -0.1) is 23.1 Å². The lowest BCUT2D eigenvalue weighted by atomic mass is 9.89. The third kappa shape index (κ3) is 3.40. The minimum Gasteiger partial charge on any atom is -0.323 e. The van der Waals surface area contributed by atoms with Crippen molar-refractivity contribution in [2.24, 2.45) is 5.92 Å². The molecule has 1 aromatic heterocycles. The first kappa shape index (κ1) is 14.8. The van der Waals surface area contributed by atoms with Crippen molar-refractivity contribution in [2.45, 2.75) is 32.6 Å². The van der Waals surface area contributed by atoms with Crippen LogP contribution in [0.3, 0.4) is 0 Å². The Bertz CT molecular complexity index is 558. The summed E-state index contributed by atoms with van der Waals surface area (Å²) in [5.41, 5.74) is 1.15. The number of hydrogen-bond donors (Lipinski definition) is 1. The number of nitrogens with one attached hydrogen (secondary N) is 1. The maximum absolute atomic E-state index is 12.0. The number of nitrogens with zero attached hydrogens (tertiary/aromatic N) is 2. The van der Waals surface area contributed by atoms with Gasteiger partial charge >= 0.3 is 0 Å². The van der Waals surface area contributed by atoms with Crippen LogP contribution in [-0.2, 0) is 22.4 Å². The van der Waals surface area contributed by atoms with Crippen molar-refractivity contribution in [1.29, 1.82) is 0 Å². The Morgan fingerprint density at radius 3 is 3.10 bits per heavy atom. The predicted octanol–water partition coefficient (Wildman–Crippen LogP) is 2.13. The molecule has 1 aromatic rings. The summed E-state index contributed by atoms with van der Waals surface area (Å²) in [5.74, 6) is 1.74. The molecule has 1 unspecified atom stereocenters. The SMILES string of the molecule is CCC1CCc2nc(NC(=O)CN3CSCC3=O)sc2C1. The molecule has 0 bridgehead atoms. The molecule has 7 heteroatoms. The van der Waals surface area contributed by atoms with Crippen LogP contribution in [0.5, 0.6) is 0 Å². The molecule has 114 valence electrons. The molecule has 0 aromatic carbocycles. The summed E-state index contributed by atoms with van der Waals surface area (Å²) in [6.07, 6.45) is 4.50.